The summed E-state index contributed by atoms with van der Waals surface area (Å²) in [6, 6.07) is 14.4. The van der Waals surface area contributed by atoms with Crippen LogP contribution in [0, 0.1) is 13.8 Å². The number of likely N-dealkylation sites (N-methyl/N-ethyl adjacent to an activating group) is 1. The number of para-hydroxylation sites is 1. The molecule has 0 saturated carbocycles. The van der Waals surface area contributed by atoms with Gasteiger partial charge in [0.15, 0.2) is 6.54 Å². The largest absolute Gasteiger partial charge is 0.326 e. The molecule has 0 fully saturated rings. The number of hydrogen-bond acceptors (Lipinski definition) is 2. The van der Waals surface area contributed by atoms with Gasteiger partial charge in [0, 0.05) is 10.5 Å². The van der Waals surface area contributed by atoms with E-state index < -0.39 is 0 Å². The summed E-state index contributed by atoms with van der Waals surface area (Å²) >= 11 is 1.64. The van der Waals surface area contributed by atoms with E-state index in [9.17, 15) is 4.79 Å². The van der Waals surface area contributed by atoms with Gasteiger partial charge in [-0.05, 0) is 37.8 Å². The van der Waals surface area contributed by atoms with Crippen LogP contribution in [-0.2, 0) is 11.3 Å². The lowest BCUT2D eigenvalue weighted by Crippen LogP contribution is -3.08. The second-order valence-electron chi connectivity index (χ2n) is 5.99. The first-order chi connectivity index (χ1) is 11.0. The minimum Gasteiger partial charge on any atom is -0.326 e. The number of benzene rings is 2. The fourth-order valence-electron chi connectivity index (χ4n) is 2.59. The number of carbonyl (C=O) groups is 1. The van der Waals surface area contributed by atoms with Crippen molar-refractivity contribution in [1.82, 2.24) is 0 Å². The number of aryl methyl sites for hydroxylation is 2. The van der Waals surface area contributed by atoms with Crippen molar-refractivity contribution in [3.8, 4) is 0 Å². The monoisotopic (exact) mass is 329 g/mol. The van der Waals surface area contributed by atoms with Gasteiger partial charge < -0.3 is 10.2 Å². The summed E-state index contributed by atoms with van der Waals surface area (Å²) in [5.41, 5.74) is 4.74. The molecule has 0 heterocycles. The van der Waals surface area contributed by atoms with Crippen LogP contribution in [0.25, 0.3) is 0 Å². The molecule has 0 saturated heterocycles. The number of quaternary nitrogens is 1. The molecular weight excluding hydrogens is 304 g/mol. The zero-order valence-electron chi connectivity index (χ0n) is 14.3. The predicted octanol–water partition coefficient (Wildman–Crippen LogP) is 2.68. The maximum Gasteiger partial charge on any atom is 0.279 e. The highest BCUT2D eigenvalue weighted by molar-refractivity contribution is 7.98. The normalized spacial score (nSPS) is 12.0. The van der Waals surface area contributed by atoms with Gasteiger partial charge in [-0.15, -0.1) is 11.8 Å². The lowest BCUT2D eigenvalue weighted by molar-refractivity contribution is -0.885. The molecule has 2 N–H and O–H groups in total. The maximum absolute atomic E-state index is 12.3. The minimum absolute atomic E-state index is 0.0503. The molecule has 0 bridgehead atoms. The third kappa shape index (κ3) is 5.12. The molecule has 0 aliphatic carbocycles. The Labute approximate surface area is 143 Å². The van der Waals surface area contributed by atoms with Gasteiger partial charge in [-0.2, -0.15) is 0 Å². The van der Waals surface area contributed by atoms with E-state index in [-0.39, 0.29) is 5.91 Å². The van der Waals surface area contributed by atoms with E-state index in [2.05, 4.69) is 44.4 Å². The van der Waals surface area contributed by atoms with Gasteiger partial charge in [-0.25, -0.2) is 0 Å². The van der Waals surface area contributed by atoms with Crippen LogP contribution in [-0.4, -0.2) is 25.8 Å². The van der Waals surface area contributed by atoms with Crippen LogP contribution < -0.4 is 10.2 Å². The molecule has 2 aromatic carbocycles. The molecule has 0 aromatic heterocycles. The molecule has 1 amide bonds. The second kappa shape index (κ2) is 8.18. The first-order valence-electron chi connectivity index (χ1n) is 7.80. The summed E-state index contributed by atoms with van der Waals surface area (Å²) in [7, 11) is 2.06. The molecule has 3 nitrogen and oxygen atoms in total. The molecule has 2 rings (SSSR count). The lowest BCUT2D eigenvalue weighted by Gasteiger charge is -2.16. The standard InChI is InChI=1S/C19H24N2OS/c1-14-9-10-15(2)16(11-14)12-21(3)13-19(22)20-17-7-5-6-8-18(17)23-4/h5-11H,12-13H2,1-4H3,(H,20,22)/p+1. The number of nitrogens with one attached hydrogen (secondary N) is 2. The van der Waals surface area contributed by atoms with Crippen LogP contribution in [0.5, 0.6) is 0 Å². The molecule has 4 heteroatoms. The van der Waals surface area contributed by atoms with Crippen molar-refractivity contribution in [2.45, 2.75) is 25.3 Å². The van der Waals surface area contributed by atoms with Gasteiger partial charge in [0.1, 0.15) is 6.54 Å². The summed E-state index contributed by atoms with van der Waals surface area (Å²) in [6.07, 6.45) is 2.02. The summed E-state index contributed by atoms with van der Waals surface area (Å²) in [4.78, 5) is 14.6. The van der Waals surface area contributed by atoms with E-state index in [4.69, 9.17) is 0 Å². The molecular formula is C19H25N2OS+. The van der Waals surface area contributed by atoms with Gasteiger partial charge in [0.25, 0.3) is 5.91 Å². The van der Waals surface area contributed by atoms with Gasteiger partial charge >= 0.3 is 0 Å². The molecule has 2 aromatic rings. The Hall–Kier alpha value is -1.78. The molecule has 0 spiro atoms. The van der Waals surface area contributed by atoms with E-state index in [1.165, 1.54) is 21.6 Å². The van der Waals surface area contributed by atoms with Crippen LogP contribution in [0.15, 0.2) is 47.4 Å². The predicted molar refractivity (Wildman–Crippen MR) is 98.2 cm³/mol. The number of anilines is 1. The lowest BCUT2D eigenvalue weighted by atomic mass is 10.1. The Morgan fingerprint density at radius 1 is 1.17 bits per heavy atom. The van der Waals surface area contributed by atoms with Crippen LogP contribution in [0.1, 0.15) is 16.7 Å². The van der Waals surface area contributed by atoms with Crippen LogP contribution in [0.3, 0.4) is 0 Å². The summed E-state index contributed by atoms with van der Waals surface area (Å²) in [5, 5.41) is 3.02. The first kappa shape index (κ1) is 17.6. The molecule has 0 aliphatic heterocycles. The Morgan fingerprint density at radius 2 is 1.91 bits per heavy atom. The van der Waals surface area contributed by atoms with Crippen LogP contribution >= 0.6 is 11.8 Å². The number of amides is 1. The van der Waals surface area contributed by atoms with Gasteiger partial charge in [-0.3, -0.25) is 4.79 Å². The van der Waals surface area contributed by atoms with Crippen molar-refractivity contribution in [2.24, 2.45) is 0 Å². The van der Waals surface area contributed by atoms with Crippen molar-refractivity contribution >= 4 is 23.4 Å². The Bertz CT molecular complexity index is 685. The van der Waals surface area contributed by atoms with Crippen molar-refractivity contribution in [1.29, 1.82) is 0 Å². The summed E-state index contributed by atoms with van der Waals surface area (Å²) < 4.78 is 0. The van der Waals surface area contributed by atoms with Gasteiger partial charge in [0.05, 0.1) is 12.7 Å². The minimum atomic E-state index is 0.0503. The van der Waals surface area contributed by atoms with E-state index in [1.54, 1.807) is 11.8 Å². The molecule has 1 unspecified atom stereocenters. The Kier molecular flexibility index (Phi) is 6.25. The smallest absolute Gasteiger partial charge is 0.279 e. The Morgan fingerprint density at radius 3 is 2.65 bits per heavy atom. The highest BCUT2D eigenvalue weighted by atomic mass is 32.2. The molecule has 1 atom stereocenters. The van der Waals surface area contributed by atoms with E-state index >= 15 is 0 Å². The van der Waals surface area contributed by atoms with Crippen LogP contribution in [0.2, 0.25) is 0 Å². The fraction of sp³-hybridized carbons (Fsp3) is 0.316. The number of rotatable bonds is 6. The van der Waals surface area contributed by atoms with Crippen molar-refractivity contribution in [2.75, 3.05) is 25.2 Å². The second-order valence-corrected chi connectivity index (χ2v) is 6.84. The molecule has 122 valence electrons. The summed E-state index contributed by atoms with van der Waals surface area (Å²) in [5.74, 6) is 0.0503. The van der Waals surface area contributed by atoms with Crippen molar-refractivity contribution in [3.05, 3.63) is 59.2 Å². The highest BCUT2D eigenvalue weighted by Crippen LogP contribution is 2.24. The van der Waals surface area contributed by atoms with Crippen molar-refractivity contribution in [3.63, 3.8) is 0 Å². The average Bonchev–Trinajstić information content (AvgIpc) is 2.51. The zero-order chi connectivity index (χ0) is 16.8. The van der Waals surface area contributed by atoms with Gasteiger partial charge in [-0.1, -0.05) is 35.9 Å². The SMILES string of the molecule is CSc1ccccc1NC(=O)C[NH+](C)Cc1cc(C)ccc1C. The van der Waals surface area contributed by atoms with Crippen molar-refractivity contribution < 1.29 is 9.69 Å². The van der Waals surface area contributed by atoms with E-state index in [0.29, 0.717) is 6.54 Å². The third-order valence-electron chi connectivity index (χ3n) is 3.84. The number of thioether (sulfide) groups is 1. The average molecular weight is 329 g/mol. The quantitative estimate of drug-likeness (QED) is 0.799. The Balaban J connectivity index is 1.96. The zero-order valence-corrected chi connectivity index (χ0v) is 15.1. The van der Waals surface area contributed by atoms with Gasteiger partial charge in [0.2, 0.25) is 0 Å². The highest BCUT2D eigenvalue weighted by Gasteiger charge is 2.13. The fourth-order valence-corrected chi connectivity index (χ4v) is 3.15. The molecule has 23 heavy (non-hydrogen) atoms. The van der Waals surface area contributed by atoms with Crippen LogP contribution in [0.4, 0.5) is 5.69 Å². The molecule has 0 radical (unpaired) electrons. The topological polar surface area (TPSA) is 33.5 Å². The summed E-state index contributed by atoms with van der Waals surface area (Å²) in [6.45, 7) is 5.53. The number of hydrogen-bond donors (Lipinski definition) is 2. The molecule has 0 aliphatic rings. The first-order valence-corrected chi connectivity index (χ1v) is 9.02. The maximum atomic E-state index is 12.3. The van der Waals surface area contributed by atoms with E-state index in [0.717, 1.165) is 17.1 Å². The number of carbonyl (C=O) groups excluding carboxylic acids is 1. The van der Waals surface area contributed by atoms with E-state index in [1.807, 2.05) is 30.5 Å². The third-order valence-corrected chi connectivity index (χ3v) is 4.64.